The van der Waals surface area contributed by atoms with E-state index in [2.05, 4.69) is 6.07 Å². The Hall–Kier alpha value is -1.11. The second kappa shape index (κ2) is 4.82. The van der Waals surface area contributed by atoms with Crippen molar-refractivity contribution >= 4 is 11.6 Å². The summed E-state index contributed by atoms with van der Waals surface area (Å²) in [5.41, 5.74) is 0.564. The van der Waals surface area contributed by atoms with E-state index < -0.39 is 0 Å². The summed E-state index contributed by atoms with van der Waals surface area (Å²) in [5.74, 6) is -0.256. The molecule has 1 aliphatic heterocycles. The van der Waals surface area contributed by atoms with Gasteiger partial charge in [-0.3, -0.25) is 4.90 Å². The van der Waals surface area contributed by atoms with Gasteiger partial charge in [0.25, 0.3) is 0 Å². The smallest absolute Gasteiger partial charge is 0.127 e. The Bertz CT molecular complexity index is 428. The van der Waals surface area contributed by atoms with E-state index in [1.54, 1.807) is 6.07 Å². The van der Waals surface area contributed by atoms with Gasteiger partial charge >= 0.3 is 0 Å². The van der Waals surface area contributed by atoms with Gasteiger partial charge in [-0.15, -0.1) is 0 Å². The summed E-state index contributed by atoms with van der Waals surface area (Å²) in [6.07, 6.45) is 1.87. The van der Waals surface area contributed by atoms with Crippen LogP contribution in [0.3, 0.4) is 0 Å². The second-order valence-corrected chi connectivity index (χ2v) is 4.43. The largest absolute Gasteiger partial charge is 0.284 e. The zero-order valence-corrected chi connectivity index (χ0v) is 9.54. The van der Waals surface area contributed by atoms with Gasteiger partial charge in [0.2, 0.25) is 0 Å². The highest BCUT2D eigenvalue weighted by Gasteiger charge is 2.24. The van der Waals surface area contributed by atoms with Crippen LogP contribution in [0.5, 0.6) is 0 Å². The van der Waals surface area contributed by atoms with E-state index in [-0.39, 0.29) is 11.9 Å². The fourth-order valence-corrected chi connectivity index (χ4v) is 2.24. The molecule has 0 aromatic heterocycles. The van der Waals surface area contributed by atoms with Crippen molar-refractivity contribution in [2.75, 3.05) is 6.54 Å². The van der Waals surface area contributed by atoms with Gasteiger partial charge in [-0.25, -0.2) is 4.39 Å². The molecule has 0 N–H and O–H groups in total. The first-order valence-electron chi connectivity index (χ1n) is 5.28. The Morgan fingerprint density at radius 1 is 1.56 bits per heavy atom. The number of nitriles is 1. The van der Waals surface area contributed by atoms with Crippen molar-refractivity contribution in [2.24, 2.45) is 0 Å². The highest BCUT2D eigenvalue weighted by atomic mass is 35.5. The minimum atomic E-state index is -0.256. The zero-order valence-electron chi connectivity index (χ0n) is 8.79. The fraction of sp³-hybridized carbons (Fsp3) is 0.417. The predicted molar refractivity (Wildman–Crippen MR) is 60.5 cm³/mol. The molecule has 1 aromatic rings. The first-order valence-corrected chi connectivity index (χ1v) is 5.66. The molecule has 4 heteroatoms. The van der Waals surface area contributed by atoms with Gasteiger partial charge in [-0.05, 0) is 37.6 Å². The first-order chi connectivity index (χ1) is 7.70. The van der Waals surface area contributed by atoms with Crippen LogP contribution in [-0.2, 0) is 6.54 Å². The zero-order chi connectivity index (χ0) is 11.5. The van der Waals surface area contributed by atoms with Crippen LogP contribution in [0.1, 0.15) is 18.4 Å². The lowest BCUT2D eigenvalue weighted by atomic mass is 10.2. The minimum absolute atomic E-state index is 0.0848. The van der Waals surface area contributed by atoms with Gasteiger partial charge < -0.3 is 0 Å². The van der Waals surface area contributed by atoms with Crippen molar-refractivity contribution in [3.8, 4) is 6.07 Å². The van der Waals surface area contributed by atoms with Gasteiger partial charge in [0.05, 0.1) is 12.1 Å². The molecule has 0 aliphatic carbocycles. The summed E-state index contributed by atoms with van der Waals surface area (Å²) >= 11 is 5.82. The van der Waals surface area contributed by atoms with Crippen LogP contribution in [-0.4, -0.2) is 17.5 Å². The molecule has 0 amide bonds. The maximum Gasteiger partial charge on any atom is 0.127 e. The van der Waals surface area contributed by atoms with Gasteiger partial charge in [-0.2, -0.15) is 5.26 Å². The van der Waals surface area contributed by atoms with Crippen molar-refractivity contribution < 1.29 is 4.39 Å². The number of halogens is 2. The summed E-state index contributed by atoms with van der Waals surface area (Å²) < 4.78 is 13.5. The minimum Gasteiger partial charge on any atom is -0.284 e. The van der Waals surface area contributed by atoms with Crippen LogP contribution >= 0.6 is 11.6 Å². The third-order valence-corrected chi connectivity index (χ3v) is 3.13. The molecule has 1 saturated heterocycles. The molecule has 1 fully saturated rings. The van der Waals surface area contributed by atoms with Crippen LogP contribution < -0.4 is 0 Å². The summed E-state index contributed by atoms with van der Waals surface area (Å²) in [7, 11) is 0. The standard InChI is InChI=1S/C12H12ClFN2/c13-10-3-4-12(14)9(6-10)8-16-5-1-2-11(16)7-15/h3-4,6,11H,1-2,5,8H2. The third-order valence-electron chi connectivity index (χ3n) is 2.89. The number of rotatable bonds is 2. The molecule has 16 heavy (non-hydrogen) atoms. The summed E-state index contributed by atoms with van der Waals surface area (Å²) in [5, 5.41) is 9.46. The summed E-state index contributed by atoms with van der Waals surface area (Å²) in [6, 6.07) is 6.69. The van der Waals surface area contributed by atoms with Crippen molar-refractivity contribution in [2.45, 2.75) is 25.4 Å². The number of hydrogen-bond acceptors (Lipinski definition) is 2. The first kappa shape index (κ1) is 11.4. The van der Waals surface area contributed by atoms with Crippen LogP contribution in [0.25, 0.3) is 0 Å². The molecular formula is C12H12ClFN2. The number of benzene rings is 1. The van der Waals surface area contributed by atoms with Crippen LogP contribution in [0.2, 0.25) is 5.02 Å². The van der Waals surface area contributed by atoms with Crippen molar-refractivity contribution in [3.63, 3.8) is 0 Å². The maximum absolute atomic E-state index is 13.5. The lowest BCUT2D eigenvalue weighted by Gasteiger charge is -2.19. The second-order valence-electron chi connectivity index (χ2n) is 3.99. The number of hydrogen-bond donors (Lipinski definition) is 0. The van der Waals surface area contributed by atoms with Gasteiger partial charge in [0.15, 0.2) is 0 Å². The Balaban J connectivity index is 2.14. The Kier molecular flexibility index (Phi) is 3.42. The Labute approximate surface area is 99.2 Å². The molecule has 0 bridgehead atoms. The molecule has 0 radical (unpaired) electrons. The SMILES string of the molecule is N#CC1CCCN1Cc1cc(Cl)ccc1F. The molecule has 84 valence electrons. The van der Waals surface area contributed by atoms with E-state index in [1.807, 2.05) is 4.90 Å². The normalized spacial score (nSPS) is 20.9. The molecule has 1 heterocycles. The van der Waals surface area contributed by atoms with Crippen LogP contribution in [0.4, 0.5) is 4.39 Å². The van der Waals surface area contributed by atoms with E-state index in [0.717, 1.165) is 19.4 Å². The molecule has 1 unspecified atom stereocenters. The highest BCUT2D eigenvalue weighted by Crippen LogP contribution is 2.22. The predicted octanol–water partition coefficient (Wildman–Crippen LogP) is 2.97. The van der Waals surface area contributed by atoms with E-state index in [0.29, 0.717) is 17.1 Å². The lowest BCUT2D eigenvalue weighted by molar-refractivity contribution is 0.282. The van der Waals surface area contributed by atoms with Gasteiger partial charge in [-0.1, -0.05) is 11.6 Å². The van der Waals surface area contributed by atoms with E-state index in [9.17, 15) is 4.39 Å². The average Bonchev–Trinajstić information content (AvgIpc) is 2.71. The van der Waals surface area contributed by atoms with Crippen molar-refractivity contribution in [1.82, 2.24) is 4.90 Å². The van der Waals surface area contributed by atoms with Crippen LogP contribution in [0, 0.1) is 17.1 Å². The number of likely N-dealkylation sites (tertiary alicyclic amines) is 1. The Morgan fingerprint density at radius 2 is 2.38 bits per heavy atom. The molecule has 0 spiro atoms. The molecule has 1 atom stereocenters. The van der Waals surface area contributed by atoms with E-state index in [1.165, 1.54) is 12.1 Å². The quantitative estimate of drug-likeness (QED) is 0.792. The molecular weight excluding hydrogens is 227 g/mol. The average molecular weight is 239 g/mol. The van der Waals surface area contributed by atoms with Crippen molar-refractivity contribution in [1.29, 1.82) is 5.26 Å². The monoisotopic (exact) mass is 238 g/mol. The van der Waals surface area contributed by atoms with E-state index >= 15 is 0 Å². The molecule has 1 aliphatic rings. The maximum atomic E-state index is 13.5. The molecule has 2 nitrogen and oxygen atoms in total. The summed E-state index contributed by atoms with van der Waals surface area (Å²) in [4.78, 5) is 1.99. The fourth-order valence-electron chi connectivity index (χ4n) is 2.04. The van der Waals surface area contributed by atoms with Gasteiger partial charge in [0.1, 0.15) is 5.82 Å². The van der Waals surface area contributed by atoms with E-state index in [4.69, 9.17) is 16.9 Å². The Morgan fingerprint density at radius 3 is 3.12 bits per heavy atom. The third kappa shape index (κ3) is 2.34. The number of nitrogens with zero attached hydrogens (tertiary/aromatic N) is 2. The lowest BCUT2D eigenvalue weighted by Crippen LogP contribution is -2.27. The molecule has 0 saturated carbocycles. The summed E-state index contributed by atoms with van der Waals surface area (Å²) in [6.45, 7) is 1.31. The highest BCUT2D eigenvalue weighted by molar-refractivity contribution is 6.30. The molecule has 1 aromatic carbocycles. The van der Waals surface area contributed by atoms with Crippen molar-refractivity contribution in [3.05, 3.63) is 34.6 Å². The van der Waals surface area contributed by atoms with Crippen LogP contribution in [0.15, 0.2) is 18.2 Å². The molecule has 2 rings (SSSR count). The van der Waals surface area contributed by atoms with Gasteiger partial charge in [0, 0.05) is 17.1 Å². The topological polar surface area (TPSA) is 27.0 Å².